The van der Waals surface area contributed by atoms with Gasteiger partial charge in [0.2, 0.25) is 5.95 Å². The van der Waals surface area contributed by atoms with Gasteiger partial charge >= 0.3 is 12.3 Å². The highest BCUT2D eigenvalue weighted by Crippen LogP contribution is 2.39. The molecule has 46 heavy (non-hydrogen) atoms. The SMILES string of the molecule is C[C@@H](Nc1nc(C2NOC(=O)N2)nc2nc(N3CCCCC3c3ccc(F)cc3)n(Cc3ccc(C(F)(F)F)cc3)c12)C1CCC1. The van der Waals surface area contributed by atoms with E-state index in [4.69, 9.17) is 19.8 Å². The normalized spacial score (nSPS) is 21.2. The molecule has 7 rings (SSSR count). The lowest BCUT2D eigenvalue weighted by atomic mass is 9.80. The predicted octanol–water partition coefficient (Wildman–Crippen LogP) is 6.61. The lowest BCUT2D eigenvalue weighted by Crippen LogP contribution is -2.35. The Morgan fingerprint density at radius 1 is 1.00 bits per heavy atom. The Bertz CT molecular complexity index is 1720. The number of piperidine rings is 1. The Labute approximate surface area is 262 Å². The molecule has 4 heterocycles. The fraction of sp³-hybridized carbons (Fsp3) is 0.438. The van der Waals surface area contributed by atoms with Crippen molar-refractivity contribution in [3.63, 3.8) is 0 Å². The summed E-state index contributed by atoms with van der Waals surface area (Å²) in [6, 6.07) is 11.5. The number of imidazole rings is 1. The van der Waals surface area contributed by atoms with Crippen LogP contribution in [0.2, 0.25) is 0 Å². The maximum atomic E-state index is 13.9. The van der Waals surface area contributed by atoms with Crippen molar-refractivity contribution in [2.45, 2.75) is 76.4 Å². The van der Waals surface area contributed by atoms with Gasteiger partial charge in [0, 0.05) is 12.6 Å². The molecule has 0 radical (unpaired) electrons. The number of rotatable bonds is 8. The van der Waals surface area contributed by atoms with Crippen molar-refractivity contribution in [2.75, 3.05) is 16.8 Å². The minimum Gasteiger partial charge on any atom is -0.365 e. The highest BCUT2D eigenvalue weighted by molar-refractivity contribution is 5.86. The molecule has 2 saturated heterocycles. The van der Waals surface area contributed by atoms with Gasteiger partial charge in [-0.05, 0) is 80.3 Å². The average Bonchev–Trinajstić information content (AvgIpc) is 3.60. The van der Waals surface area contributed by atoms with Crippen molar-refractivity contribution in [1.82, 2.24) is 30.3 Å². The van der Waals surface area contributed by atoms with Gasteiger partial charge in [0.15, 0.2) is 23.5 Å². The number of halogens is 4. The molecule has 1 aliphatic carbocycles. The number of benzene rings is 2. The highest BCUT2D eigenvalue weighted by atomic mass is 19.4. The summed E-state index contributed by atoms with van der Waals surface area (Å²) in [5, 5.41) is 6.22. The third kappa shape index (κ3) is 5.93. The van der Waals surface area contributed by atoms with Crippen LogP contribution in [-0.4, -0.2) is 38.2 Å². The summed E-state index contributed by atoms with van der Waals surface area (Å²) in [5.41, 5.74) is 4.42. The molecule has 0 spiro atoms. The van der Waals surface area contributed by atoms with Crippen molar-refractivity contribution in [3.05, 3.63) is 76.9 Å². The molecule has 0 bridgehead atoms. The molecule has 2 unspecified atom stereocenters. The van der Waals surface area contributed by atoms with Crippen LogP contribution in [0.1, 0.15) is 80.2 Å². The van der Waals surface area contributed by atoms with Gasteiger partial charge in [-0.2, -0.15) is 18.2 Å². The second-order valence-corrected chi connectivity index (χ2v) is 12.3. The lowest BCUT2D eigenvalue weighted by Gasteiger charge is -2.37. The van der Waals surface area contributed by atoms with Crippen LogP contribution < -0.4 is 21.0 Å². The van der Waals surface area contributed by atoms with Crippen molar-refractivity contribution in [1.29, 1.82) is 0 Å². The van der Waals surface area contributed by atoms with Crippen LogP contribution in [0.3, 0.4) is 0 Å². The first-order valence-corrected chi connectivity index (χ1v) is 15.6. The standard InChI is InChI=1S/C32H34F4N8O2/c1-18(20-5-4-6-20)37-26-25-27(39-28(38-26)29-41-31(45)46-42-29)40-30(44(25)17-19-8-12-22(13-9-19)32(34,35)36)43-16-3-2-7-24(43)21-10-14-23(33)15-11-21/h8-15,18,20,24,29,42H,2-7,16-17H2,1H3,(H,41,45)(H,37,38,39)/t18-,24?,29?/m1/s1. The first-order valence-electron chi connectivity index (χ1n) is 15.6. The molecule has 3 N–H and O–H groups in total. The van der Waals surface area contributed by atoms with E-state index in [0.29, 0.717) is 41.0 Å². The number of nitrogens with one attached hydrogen (secondary N) is 3. The molecule has 242 valence electrons. The van der Waals surface area contributed by atoms with E-state index in [1.165, 1.54) is 24.3 Å². The first kappa shape index (κ1) is 30.2. The fourth-order valence-corrected chi connectivity index (χ4v) is 6.50. The number of hydrogen-bond acceptors (Lipinski definition) is 8. The van der Waals surface area contributed by atoms with Crippen LogP contribution in [0.5, 0.6) is 0 Å². The van der Waals surface area contributed by atoms with E-state index in [-0.39, 0.29) is 30.3 Å². The van der Waals surface area contributed by atoms with Gasteiger partial charge in [0.05, 0.1) is 18.2 Å². The summed E-state index contributed by atoms with van der Waals surface area (Å²) in [4.78, 5) is 33.5. The number of hydroxylamine groups is 1. The van der Waals surface area contributed by atoms with Gasteiger partial charge in [-0.25, -0.2) is 19.2 Å². The third-order valence-corrected chi connectivity index (χ3v) is 9.25. The molecule has 2 aromatic heterocycles. The monoisotopic (exact) mass is 638 g/mol. The summed E-state index contributed by atoms with van der Waals surface area (Å²) >= 11 is 0. The summed E-state index contributed by atoms with van der Waals surface area (Å²) in [6.07, 6.45) is 0.110. The van der Waals surface area contributed by atoms with Crippen molar-refractivity contribution in [2.24, 2.45) is 5.92 Å². The van der Waals surface area contributed by atoms with E-state index in [1.54, 1.807) is 12.1 Å². The van der Waals surface area contributed by atoms with Crippen molar-refractivity contribution in [3.8, 4) is 0 Å². The number of nitrogens with zero attached hydrogens (tertiary/aromatic N) is 5. The van der Waals surface area contributed by atoms with Gasteiger partial charge in [0.25, 0.3) is 0 Å². The topological polar surface area (TPSA) is 109 Å². The molecular weight excluding hydrogens is 604 g/mol. The van der Waals surface area contributed by atoms with Gasteiger partial charge < -0.3 is 19.6 Å². The van der Waals surface area contributed by atoms with Gasteiger partial charge in [-0.15, -0.1) is 5.48 Å². The predicted molar refractivity (Wildman–Crippen MR) is 162 cm³/mol. The minimum absolute atomic E-state index is 0.0712. The van der Waals surface area contributed by atoms with Gasteiger partial charge in [-0.1, -0.05) is 30.7 Å². The Kier molecular flexibility index (Phi) is 7.91. The third-order valence-electron chi connectivity index (χ3n) is 9.25. The molecule has 2 aromatic carbocycles. The van der Waals surface area contributed by atoms with Gasteiger partial charge in [-0.3, -0.25) is 5.32 Å². The molecule has 2 aliphatic heterocycles. The summed E-state index contributed by atoms with van der Waals surface area (Å²) in [6.45, 7) is 2.96. The lowest BCUT2D eigenvalue weighted by molar-refractivity contribution is -0.137. The number of hydrogen-bond donors (Lipinski definition) is 3. The molecule has 1 amide bonds. The molecule has 3 aliphatic rings. The van der Waals surface area contributed by atoms with E-state index in [1.807, 2.05) is 4.57 Å². The second kappa shape index (κ2) is 12.0. The maximum Gasteiger partial charge on any atom is 0.427 e. The summed E-state index contributed by atoms with van der Waals surface area (Å²) in [7, 11) is 0. The highest BCUT2D eigenvalue weighted by Gasteiger charge is 2.34. The van der Waals surface area contributed by atoms with Crippen LogP contribution in [0.25, 0.3) is 11.2 Å². The van der Waals surface area contributed by atoms with Crippen molar-refractivity contribution < 1.29 is 27.2 Å². The zero-order valence-corrected chi connectivity index (χ0v) is 25.1. The minimum atomic E-state index is -4.45. The number of carbonyl (C=O) groups excluding carboxylic acids is 1. The van der Waals surface area contributed by atoms with E-state index in [9.17, 15) is 22.4 Å². The molecule has 14 heteroatoms. The fourth-order valence-electron chi connectivity index (χ4n) is 6.50. The van der Waals surface area contributed by atoms with E-state index in [0.717, 1.165) is 56.2 Å². The quantitative estimate of drug-likeness (QED) is 0.185. The van der Waals surface area contributed by atoms with E-state index < -0.39 is 24.0 Å². The van der Waals surface area contributed by atoms with Crippen LogP contribution in [0, 0.1) is 11.7 Å². The second-order valence-electron chi connectivity index (χ2n) is 12.3. The number of fused-ring (bicyclic) bond motifs is 1. The van der Waals surface area contributed by atoms with E-state index >= 15 is 0 Å². The van der Waals surface area contributed by atoms with Crippen molar-refractivity contribution >= 4 is 29.0 Å². The number of alkyl halides is 3. The summed E-state index contributed by atoms with van der Waals surface area (Å²) < 4.78 is 56.0. The Balaban J connectivity index is 1.38. The number of amides is 1. The number of anilines is 2. The zero-order chi connectivity index (χ0) is 32.0. The zero-order valence-electron chi connectivity index (χ0n) is 25.1. The largest absolute Gasteiger partial charge is 0.427 e. The van der Waals surface area contributed by atoms with Gasteiger partial charge in [0.1, 0.15) is 11.3 Å². The molecule has 1 saturated carbocycles. The number of carbonyl (C=O) groups is 1. The smallest absolute Gasteiger partial charge is 0.365 e. The summed E-state index contributed by atoms with van der Waals surface area (Å²) in [5.74, 6) is 1.46. The first-order chi connectivity index (χ1) is 22.1. The Hall–Kier alpha value is -4.46. The molecule has 3 atom stereocenters. The van der Waals surface area contributed by atoms with Crippen LogP contribution >= 0.6 is 0 Å². The molecule has 10 nitrogen and oxygen atoms in total. The molecule has 3 fully saturated rings. The average molecular weight is 639 g/mol. The molecule has 4 aromatic rings. The maximum absolute atomic E-state index is 13.9. The van der Waals surface area contributed by atoms with Crippen LogP contribution in [0.4, 0.5) is 34.1 Å². The van der Waals surface area contributed by atoms with E-state index in [2.05, 4.69) is 27.9 Å². The van der Waals surface area contributed by atoms with Crippen LogP contribution in [0.15, 0.2) is 48.5 Å². The number of aromatic nitrogens is 4. The Morgan fingerprint density at radius 2 is 1.76 bits per heavy atom. The Morgan fingerprint density at radius 3 is 2.41 bits per heavy atom. The molecular formula is C32H34F4N8O2. The van der Waals surface area contributed by atoms with Crippen LogP contribution in [-0.2, 0) is 17.6 Å².